The lowest BCUT2D eigenvalue weighted by Gasteiger charge is -2.12. The van der Waals surface area contributed by atoms with Crippen molar-refractivity contribution in [3.63, 3.8) is 0 Å². The number of pyridine rings is 1. The average molecular weight is 325 g/mol. The standard InChI is InChI=1S/C19H23N3O2/c1-5-14(4)21-18(23)15-8-9-20-17(11-15)19(24)22-16-10-12(2)6-7-13(16)3/h6-11,14H,5H2,1-4H3,(H,21,23)(H,22,24). The molecule has 0 aliphatic heterocycles. The highest BCUT2D eigenvalue weighted by atomic mass is 16.2. The van der Waals surface area contributed by atoms with Crippen LogP contribution in [0.4, 0.5) is 5.69 Å². The molecule has 1 atom stereocenters. The number of anilines is 1. The maximum Gasteiger partial charge on any atom is 0.274 e. The summed E-state index contributed by atoms with van der Waals surface area (Å²) in [4.78, 5) is 28.7. The molecule has 24 heavy (non-hydrogen) atoms. The molecule has 0 aliphatic carbocycles. The van der Waals surface area contributed by atoms with Gasteiger partial charge in [-0.25, -0.2) is 0 Å². The normalized spacial score (nSPS) is 11.7. The number of nitrogens with zero attached hydrogens (tertiary/aromatic N) is 1. The van der Waals surface area contributed by atoms with Gasteiger partial charge in [-0.05, 0) is 56.5 Å². The van der Waals surface area contributed by atoms with E-state index in [9.17, 15) is 9.59 Å². The summed E-state index contributed by atoms with van der Waals surface area (Å²) < 4.78 is 0. The molecule has 0 radical (unpaired) electrons. The molecule has 1 unspecified atom stereocenters. The molecule has 0 saturated heterocycles. The smallest absolute Gasteiger partial charge is 0.274 e. The summed E-state index contributed by atoms with van der Waals surface area (Å²) >= 11 is 0. The van der Waals surface area contributed by atoms with E-state index < -0.39 is 0 Å². The molecule has 2 rings (SSSR count). The number of carbonyl (C=O) groups is 2. The summed E-state index contributed by atoms with van der Waals surface area (Å²) in [6, 6.07) is 9.05. The van der Waals surface area contributed by atoms with Crippen molar-refractivity contribution in [1.29, 1.82) is 0 Å². The van der Waals surface area contributed by atoms with Gasteiger partial charge in [0, 0.05) is 23.5 Å². The second-order valence-electron chi connectivity index (χ2n) is 5.99. The Kier molecular flexibility index (Phi) is 5.68. The van der Waals surface area contributed by atoms with E-state index >= 15 is 0 Å². The zero-order valence-electron chi connectivity index (χ0n) is 14.5. The number of nitrogens with one attached hydrogen (secondary N) is 2. The Morgan fingerprint density at radius 3 is 2.58 bits per heavy atom. The van der Waals surface area contributed by atoms with E-state index in [0.717, 1.165) is 23.2 Å². The van der Waals surface area contributed by atoms with Gasteiger partial charge in [-0.2, -0.15) is 0 Å². The van der Waals surface area contributed by atoms with E-state index in [0.29, 0.717) is 5.56 Å². The fraction of sp³-hybridized carbons (Fsp3) is 0.316. The fourth-order valence-electron chi connectivity index (χ4n) is 2.16. The van der Waals surface area contributed by atoms with Crippen LogP contribution in [0.25, 0.3) is 0 Å². The van der Waals surface area contributed by atoms with Crippen LogP contribution in [-0.4, -0.2) is 22.8 Å². The number of aryl methyl sites for hydroxylation is 2. The van der Waals surface area contributed by atoms with Crippen LogP contribution in [0.5, 0.6) is 0 Å². The second-order valence-corrected chi connectivity index (χ2v) is 5.99. The summed E-state index contributed by atoms with van der Waals surface area (Å²) in [7, 11) is 0. The minimum Gasteiger partial charge on any atom is -0.350 e. The quantitative estimate of drug-likeness (QED) is 0.884. The largest absolute Gasteiger partial charge is 0.350 e. The highest BCUT2D eigenvalue weighted by molar-refractivity contribution is 6.05. The number of hydrogen-bond donors (Lipinski definition) is 2. The molecular formula is C19H23N3O2. The highest BCUT2D eigenvalue weighted by Crippen LogP contribution is 2.17. The third-order valence-electron chi connectivity index (χ3n) is 3.89. The number of aromatic nitrogens is 1. The first kappa shape index (κ1) is 17.7. The molecule has 0 bridgehead atoms. The molecule has 1 aromatic heterocycles. The number of carbonyl (C=O) groups excluding carboxylic acids is 2. The minimum absolute atomic E-state index is 0.0814. The molecular weight excluding hydrogens is 302 g/mol. The van der Waals surface area contributed by atoms with Crippen molar-refractivity contribution in [1.82, 2.24) is 10.3 Å². The highest BCUT2D eigenvalue weighted by Gasteiger charge is 2.14. The van der Waals surface area contributed by atoms with E-state index in [4.69, 9.17) is 0 Å². The first-order chi connectivity index (χ1) is 11.4. The summed E-state index contributed by atoms with van der Waals surface area (Å²) in [5, 5.41) is 5.73. The van der Waals surface area contributed by atoms with Gasteiger partial charge in [0.1, 0.15) is 5.69 Å². The van der Waals surface area contributed by atoms with Gasteiger partial charge in [0.05, 0.1) is 0 Å². The van der Waals surface area contributed by atoms with Crippen LogP contribution in [-0.2, 0) is 0 Å². The third-order valence-corrected chi connectivity index (χ3v) is 3.89. The lowest BCUT2D eigenvalue weighted by molar-refractivity contribution is 0.0939. The topological polar surface area (TPSA) is 71.1 Å². The Balaban J connectivity index is 2.17. The number of benzene rings is 1. The Labute approximate surface area is 142 Å². The molecule has 5 nitrogen and oxygen atoms in total. The molecule has 5 heteroatoms. The Bertz CT molecular complexity index is 756. The van der Waals surface area contributed by atoms with Crippen LogP contribution < -0.4 is 10.6 Å². The summed E-state index contributed by atoms with van der Waals surface area (Å²) in [6.07, 6.45) is 2.32. The van der Waals surface area contributed by atoms with Crippen LogP contribution in [0.15, 0.2) is 36.5 Å². The van der Waals surface area contributed by atoms with Gasteiger partial charge in [0.2, 0.25) is 0 Å². The zero-order valence-corrected chi connectivity index (χ0v) is 14.5. The molecule has 1 aromatic carbocycles. The number of rotatable bonds is 5. The molecule has 0 saturated carbocycles. The van der Waals surface area contributed by atoms with Crippen molar-refractivity contribution in [3.8, 4) is 0 Å². The van der Waals surface area contributed by atoms with Gasteiger partial charge < -0.3 is 10.6 Å². The third kappa shape index (κ3) is 4.41. The minimum atomic E-state index is -0.332. The molecule has 126 valence electrons. The second kappa shape index (κ2) is 7.73. The Hall–Kier alpha value is -2.69. The lowest BCUT2D eigenvalue weighted by Crippen LogP contribution is -2.32. The van der Waals surface area contributed by atoms with Crippen molar-refractivity contribution in [2.75, 3.05) is 5.32 Å². The van der Waals surface area contributed by atoms with Crippen LogP contribution in [0.1, 0.15) is 52.2 Å². The van der Waals surface area contributed by atoms with Gasteiger partial charge in [-0.3, -0.25) is 14.6 Å². The molecule has 2 N–H and O–H groups in total. The predicted octanol–water partition coefficient (Wildman–Crippen LogP) is 3.48. The molecule has 2 aromatic rings. The predicted molar refractivity (Wildman–Crippen MR) is 95.3 cm³/mol. The van der Waals surface area contributed by atoms with Gasteiger partial charge in [0.25, 0.3) is 11.8 Å². The van der Waals surface area contributed by atoms with E-state index in [-0.39, 0.29) is 23.6 Å². The Morgan fingerprint density at radius 2 is 1.88 bits per heavy atom. The maximum absolute atomic E-state index is 12.4. The Morgan fingerprint density at radius 1 is 1.12 bits per heavy atom. The van der Waals surface area contributed by atoms with Crippen LogP contribution in [0, 0.1) is 13.8 Å². The van der Waals surface area contributed by atoms with Crippen molar-refractivity contribution in [2.45, 2.75) is 40.2 Å². The van der Waals surface area contributed by atoms with Gasteiger partial charge >= 0.3 is 0 Å². The molecule has 0 aliphatic rings. The monoisotopic (exact) mass is 325 g/mol. The van der Waals surface area contributed by atoms with E-state index in [2.05, 4.69) is 15.6 Å². The lowest BCUT2D eigenvalue weighted by atomic mass is 10.1. The van der Waals surface area contributed by atoms with Gasteiger partial charge in [-0.15, -0.1) is 0 Å². The van der Waals surface area contributed by atoms with Crippen LogP contribution in [0.3, 0.4) is 0 Å². The van der Waals surface area contributed by atoms with Crippen molar-refractivity contribution in [2.24, 2.45) is 0 Å². The maximum atomic E-state index is 12.4. The van der Waals surface area contributed by atoms with Crippen molar-refractivity contribution in [3.05, 3.63) is 58.9 Å². The first-order valence-electron chi connectivity index (χ1n) is 8.06. The molecule has 1 heterocycles. The fourth-order valence-corrected chi connectivity index (χ4v) is 2.16. The van der Waals surface area contributed by atoms with E-state index in [1.165, 1.54) is 12.3 Å². The zero-order chi connectivity index (χ0) is 17.7. The number of amides is 2. The average Bonchev–Trinajstić information content (AvgIpc) is 2.58. The first-order valence-corrected chi connectivity index (χ1v) is 8.06. The van der Waals surface area contributed by atoms with Gasteiger partial charge in [0.15, 0.2) is 0 Å². The summed E-state index contributed by atoms with van der Waals surface area (Å²) in [5.41, 5.74) is 3.42. The summed E-state index contributed by atoms with van der Waals surface area (Å²) in [5.74, 6) is -0.533. The van der Waals surface area contributed by atoms with Crippen LogP contribution in [0.2, 0.25) is 0 Å². The molecule has 2 amide bonds. The van der Waals surface area contributed by atoms with E-state index in [1.807, 2.05) is 45.9 Å². The van der Waals surface area contributed by atoms with E-state index in [1.54, 1.807) is 6.07 Å². The van der Waals surface area contributed by atoms with Gasteiger partial charge in [-0.1, -0.05) is 19.1 Å². The van der Waals surface area contributed by atoms with Crippen molar-refractivity contribution >= 4 is 17.5 Å². The number of hydrogen-bond acceptors (Lipinski definition) is 3. The molecule has 0 spiro atoms. The van der Waals surface area contributed by atoms with Crippen LogP contribution >= 0.6 is 0 Å². The summed E-state index contributed by atoms with van der Waals surface area (Å²) in [6.45, 7) is 7.83. The SMILES string of the molecule is CCC(C)NC(=O)c1ccnc(C(=O)Nc2cc(C)ccc2C)c1. The molecule has 0 fully saturated rings. The van der Waals surface area contributed by atoms with Crippen molar-refractivity contribution < 1.29 is 9.59 Å².